The minimum Gasteiger partial charge on any atom is -0.496 e. The number of nitrogens with zero attached hydrogens (tertiary/aromatic N) is 1. The minimum absolute atomic E-state index is 0.0452. The van der Waals surface area contributed by atoms with Crippen LogP contribution in [0.5, 0.6) is 5.75 Å². The number of carbonyl (C=O) groups excluding carboxylic acids is 1. The molecule has 0 fully saturated rings. The first-order valence-corrected chi connectivity index (χ1v) is 5.28. The summed E-state index contributed by atoms with van der Waals surface area (Å²) in [4.78, 5) is 11.3. The maximum absolute atomic E-state index is 11.3. The summed E-state index contributed by atoms with van der Waals surface area (Å²) >= 11 is 0. The molecule has 88 valence electrons. The molecule has 17 heavy (non-hydrogen) atoms. The molecule has 0 aliphatic carbocycles. The Morgan fingerprint density at radius 2 is 2.18 bits per heavy atom. The standard InChI is InChI=1S/C13H13NO3/c1-9(15)11-8-14-17-13(11)7-10-5-3-4-6-12(10)16-2/h3-6,8H,7H2,1-2H3. The van der Waals surface area contributed by atoms with Crippen LogP contribution in [0.3, 0.4) is 0 Å². The summed E-state index contributed by atoms with van der Waals surface area (Å²) in [6, 6.07) is 7.63. The van der Waals surface area contributed by atoms with Gasteiger partial charge in [0, 0.05) is 12.0 Å². The molecule has 2 aromatic rings. The third kappa shape index (κ3) is 2.36. The van der Waals surface area contributed by atoms with Gasteiger partial charge in [-0.05, 0) is 13.0 Å². The first-order chi connectivity index (χ1) is 8.22. The molecule has 0 aliphatic heterocycles. The topological polar surface area (TPSA) is 52.3 Å². The molecule has 0 amide bonds. The zero-order valence-corrected chi connectivity index (χ0v) is 9.77. The summed E-state index contributed by atoms with van der Waals surface area (Å²) in [6.45, 7) is 1.50. The highest BCUT2D eigenvalue weighted by Gasteiger charge is 2.14. The van der Waals surface area contributed by atoms with E-state index in [9.17, 15) is 4.79 Å². The zero-order chi connectivity index (χ0) is 12.3. The Balaban J connectivity index is 2.31. The molecule has 4 heteroatoms. The molecule has 0 N–H and O–H groups in total. The van der Waals surface area contributed by atoms with Crippen LogP contribution in [0.15, 0.2) is 35.0 Å². The Labute approximate surface area is 99.2 Å². The molecule has 0 saturated carbocycles. The van der Waals surface area contributed by atoms with Crippen molar-refractivity contribution < 1.29 is 14.1 Å². The smallest absolute Gasteiger partial charge is 0.165 e. The second kappa shape index (κ2) is 4.82. The van der Waals surface area contributed by atoms with Crippen molar-refractivity contribution in [2.24, 2.45) is 0 Å². The van der Waals surface area contributed by atoms with Gasteiger partial charge in [-0.2, -0.15) is 0 Å². The lowest BCUT2D eigenvalue weighted by Crippen LogP contribution is -1.98. The van der Waals surface area contributed by atoms with Gasteiger partial charge >= 0.3 is 0 Å². The van der Waals surface area contributed by atoms with Crippen molar-refractivity contribution in [1.82, 2.24) is 5.16 Å². The second-order valence-corrected chi connectivity index (χ2v) is 3.71. The van der Waals surface area contributed by atoms with E-state index >= 15 is 0 Å². The summed E-state index contributed by atoms with van der Waals surface area (Å²) in [6.07, 6.45) is 1.95. The van der Waals surface area contributed by atoms with E-state index in [0.717, 1.165) is 11.3 Å². The van der Waals surface area contributed by atoms with Gasteiger partial charge in [-0.1, -0.05) is 23.4 Å². The van der Waals surface area contributed by atoms with E-state index in [0.29, 0.717) is 17.7 Å². The van der Waals surface area contributed by atoms with Gasteiger partial charge < -0.3 is 9.26 Å². The van der Waals surface area contributed by atoms with E-state index in [1.807, 2.05) is 24.3 Å². The molecular formula is C13H13NO3. The number of hydrogen-bond acceptors (Lipinski definition) is 4. The Hall–Kier alpha value is -2.10. The minimum atomic E-state index is -0.0452. The van der Waals surface area contributed by atoms with Gasteiger partial charge in [-0.3, -0.25) is 4.79 Å². The number of Topliss-reactive ketones (excluding diaryl/α,β-unsaturated/α-hetero) is 1. The molecule has 0 atom stereocenters. The quantitative estimate of drug-likeness (QED) is 0.758. The fourth-order valence-corrected chi connectivity index (χ4v) is 1.70. The van der Waals surface area contributed by atoms with E-state index in [1.165, 1.54) is 13.1 Å². The van der Waals surface area contributed by atoms with E-state index in [-0.39, 0.29) is 5.78 Å². The number of hydrogen-bond donors (Lipinski definition) is 0. The fourth-order valence-electron chi connectivity index (χ4n) is 1.70. The number of benzene rings is 1. The molecule has 1 aromatic carbocycles. The van der Waals surface area contributed by atoms with E-state index in [4.69, 9.17) is 9.26 Å². The molecule has 2 rings (SSSR count). The van der Waals surface area contributed by atoms with Gasteiger partial charge in [0.2, 0.25) is 0 Å². The highest BCUT2D eigenvalue weighted by Crippen LogP contribution is 2.22. The van der Waals surface area contributed by atoms with Gasteiger partial charge in [0.25, 0.3) is 0 Å². The maximum Gasteiger partial charge on any atom is 0.165 e. The Kier molecular flexibility index (Phi) is 3.23. The van der Waals surface area contributed by atoms with Gasteiger partial charge in [0.1, 0.15) is 5.75 Å². The fraction of sp³-hybridized carbons (Fsp3) is 0.231. The van der Waals surface area contributed by atoms with Crippen molar-refractivity contribution in [3.63, 3.8) is 0 Å². The van der Waals surface area contributed by atoms with Crippen molar-refractivity contribution in [2.45, 2.75) is 13.3 Å². The Morgan fingerprint density at radius 1 is 1.41 bits per heavy atom. The summed E-state index contributed by atoms with van der Waals surface area (Å²) < 4.78 is 10.4. The molecule has 0 aliphatic rings. The number of aromatic nitrogens is 1. The van der Waals surface area contributed by atoms with E-state index < -0.39 is 0 Å². The SMILES string of the molecule is COc1ccccc1Cc1oncc1C(C)=O. The van der Waals surface area contributed by atoms with Crippen LogP contribution in [0.2, 0.25) is 0 Å². The number of rotatable bonds is 4. The van der Waals surface area contributed by atoms with Crippen LogP contribution in [0.25, 0.3) is 0 Å². The van der Waals surface area contributed by atoms with Crippen molar-refractivity contribution in [2.75, 3.05) is 7.11 Å². The van der Waals surface area contributed by atoms with E-state index in [2.05, 4.69) is 5.16 Å². The monoisotopic (exact) mass is 231 g/mol. The third-order valence-corrected chi connectivity index (χ3v) is 2.57. The molecule has 4 nitrogen and oxygen atoms in total. The van der Waals surface area contributed by atoms with Gasteiger partial charge in [-0.25, -0.2) is 0 Å². The van der Waals surface area contributed by atoms with Crippen LogP contribution in [0.4, 0.5) is 0 Å². The molecule has 0 bridgehead atoms. The average Bonchev–Trinajstić information content (AvgIpc) is 2.78. The molecule has 0 spiro atoms. The lowest BCUT2D eigenvalue weighted by atomic mass is 10.1. The molecule has 0 radical (unpaired) electrons. The second-order valence-electron chi connectivity index (χ2n) is 3.71. The Morgan fingerprint density at radius 3 is 2.88 bits per heavy atom. The summed E-state index contributed by atoms with van der Waals surface area (Å²) in [7, 11) is 1.62. The van der Waals surface area contributed by atoms with Crippen LogP contribution in [0, 0.1) is 0 Å². The normalized spacial score (nSPS) is 10.2. The van der Waals surface area contributed by atoms with Gasteiger partial charge in [0.15, 0.2) is 11.5 Å². The van der Waals surface area contributed by atoms with Crippen LogP contribution < -0.4 is 4.74 Å². The zero-order valence-electron chi connectivity index (χ0n) is 9.77. The van der Waals surface area contributed by atoms with Crippen molar-refractivity contribution in [3.8, 4) is 5.75 Å². The first-order valence-electron chi connectivity index (χ1n) is 5.28. The summed E-state index contributed by atoms with van der Waals surface area (Å²) in [5.74, 6) is 1.30. The highest BCUT2D eigenvalue weighted by atomic mass is 16.5. The van der Waals surface area contributed by atoms with Gasteiger partial charge in [0.05, 0.1) is 18.9 Å². The van der Waals surface area contributed by atoms with Crippen molar-refractivity contribution in [3.05, 3.63) is 47.3 Å². The molecule has 1 heterocycles. The third-order valence-electron chi connectivity index (χ3n) is 2.57. The molecule has 0 unspecified atom stereocenters. The predicted molar refractivity (Wildman–Crippen MR) is 62.3 cm³/mol. The number of methoxy groups -OCH3 is 1. The number of ether oxygens (including phenoxy) is 1. The lowest BCUT2D eigenvalue weighted by Gasteiger charge is -2.06. The summed E-state index contributed by atoms with van der Waals surface area (Å²) in [5.41, 5.74) is 1.49. The first kappa shape index (κ1) is 11.4. The van der Waals surface area contributed by atoms with Crippen LogP contribution >= 0.6 is 0 Å². The van der Waals surface area contributed by atoms with Crippen LogP contribution in [-0.2, 0) is 6.42 Å². The van der Waals surface area contributed by atoms with Crippen molar-refractivity contribution >= 4 is 5.78 Å². The van der Waals surface area contributed by atoms with Gasteiger partial charge in [-0.15, -0.1) is 0 Å². The molecule has 1 aromatic heterocycles. The average molecular weight is 231 g/mol. The van der Waals surface area contributed by atoms with Crippen LogP contribution in [0.1, 0.15) is 28.6 Å². The largest absolute Gasteiger partial charge is 0.496 e. The highest BCUT2D eigenvalue weighted by molar-refractivity contribution is 5.94. The maximum atomic E-state index is 11.3. The number of para-hydroxylation sites is 1. The number of carbonyl (C=O) groups is 1. The molecule has 0 saturated heterocycles. The molecular weight excluding hydrogens is 218 g/mol. The Bertz CT molecular complexity index is 531. The van der Waals surface area contributed by atoms with Crippen LogP contribution in [-0.4, -0.2) is 18.0 Å². The van der Waals surface area contributed by atoms with Crippen molar-refractivity contribution in [1.29, 1.82) is 0 Å². The number of ketones is 1. The summed E-state index contributed by atoms with van der Waals surface area (Å²) in [5, 5.41) is 3.66. The predicted octanol–water partition coefficient (Wildman–Crippen LogP) is 2.48. The lowest BCUT2D eigenvalue weighted by molar-refractivity contribution is 0.101. The van der Waals surface area contributed by atoms with E-state index in [1.54, 1.807) is 7.11 Å².